The summed E-state index contributed by atoms with van der Waals surface area (Å²) in [6, 6.07) is 0. The van der Waals surface area contributed by atoms with E-state index in [1.807, 2.05) is 21.1 Å². The lowest BCUT2D eigenvalue weighted by Gasteiger charge is -2.28. The molecular weight excluding hydrogens is 1010 g/mol. The fourth-order valence-electron chi connectivity index (χ4n) is 10.0. The molecule has 0 aliphatic heterocycles. The maximum Gasteiger partial charge on any atom is 0.306 e. The molecule has 470 valence electrons. The van der Waals surface area contributed by atoms with Crippen molar-refractivity contribution in [1.82, 2.24) is 0 Å². The summed E-state index contributed by atoms with van der Waals surface area (Å²) >= 11 is 0. The lowest BCUT2D eigenvalue weighted by molar-refractivity contribution is -0.870. The Labute approximate surface area is 496 Å². The van der Waals surface area contributed by atoms with Crippen LogP contribution in [0.4, 0.5) is 0 Å². The van der Waals surface area contributed by atoms with Gasteiger partial charge in [0.2, 0.25) is 0 Å². The number of carbonyl (C=O) groups is 2. The molecule has 0 bridgehead atoms. The normalized spacial score (nSPS) is 13.4. The first-order valence-corrected chi connectivity index (χ1v) is 35.8. The van der Waals surface area contributed by atoms with Gasteiger partial charge in [0.15, 0.2) is 6.10 Å². The fourth-order valence-corrected chi connectivity index (χ4v) is 10.7. The molecule has 0 heterocycles. The van der Waals surface area contributed by atoms with Gasteiger partial charge in [-0.25, -0.2) is 0 Å². The second kappa shape index (κ2) is 61.5. The van der Waals surface area contributed by atoms with Crippen molar-refractivity contribution in [3.63, 3.8) is 0 Å². The van der Waals surface area contributed by atoms with Crippen molar-refractivity contribution in [3.05, 3.63) is 48.6 Å². The summed E-state index contributed by atoms with van der Waals surface area (Å²) in [7, 11) is 1.18. The van der Waals surface area contributed by atoms with Crippen molar-refractivity contribution in [2.45, 2.75) is 341 Å². The average molecular weight is 1150 g/mol. The Kier molecular flexibility index (Phi) is 60.0. The first-order chi connectivity index (χ1) is 39.0. The number of carbonyl (C=O) groups excluding carboxylic acids is 2. The number of esters is 2. The van der Waals surface area contributed by atoms with Crippen LogP contribution >= 0.6 is 7.82 Å². The molecule has 0 radical (unpaired) electrons. The number of unbranched alkanes of at least 4 members (excludes halogenated alkanes) is 42. The molecule has 0 spiro atoms. The molecule has 2 atom stereocenters. The number of quaternary nitrogens is 1. The number of allylic oxidation sites excluding steroid dienone is 8. The van der Waals surface area contributed by atoms with E-state index in [2.05, 4.69) is 62.5 Å². The van der Waals surface area contributed by atoms with Gasteiger partial charge < -0.3 is 27.9 Å². The van der Waals surface area contributed by atoms with E-state index in [1.165, 1.54) is 257 Å². The fraction of sp³-hybridized carbons (Fsp3) is 0.857. The molecule has 2 unspecified atom stereocenters. The molecule has 0 rings (SSSR count). The van der Waals surface area contributed by atoms with Crippen molar-refractivity contribution >= 4 is 19.8 Å². The zero-order valence-electron chi connectivity index (χ0n) is 53.5. The van der Waals surface area contributed by atoms with Gasteiger partial charge in [-0.15, -0.1) is 0 Å². The number of ether oxygens (including phenoxy) is 2. The van der Waals surface area contributed by atoms with Gasteiger partial charge in [-0.1, -0.05) is 294 Å². The SMILES string of the molecule is CCCCCCC/C=C\C/C=C\CCCCCCCCCCCCCCCCCCCCCCCC(=O)OC(COC(=O)CCCCCCCCCCCCC/C=C\C/C=C\CCCCCCC)COP(=O)([O-])OCC[N+](C)(C)C. The van der Waals surface area contributed by atoms with Gasteiger partial charge >= 0.3 is 11.9 Å². The summed E-state index contributed by atoms with van der Waals surface area (Å²) in [4.78, 5) is 38.0. The van der Waals surface area contributed by atoms with Gasteiger partial charge in [0.1, 0.15) is 19.8 Å². The van der Waals surface area contributed by atoms with Crippen molar-refractivity contribution in [1.29, 1.82) is 0 Å². The predicted molar refractivity (Wildman–Crippen MR) is 342 cm³/mol. The van der Waals surface area contributed by atoms with Crippen LogP contribution in [0.15, 0.2) is 48.6 Å². The highest BCUT2D eigenvalue weighted by Gasteiger charge is 2.22. The molecule has 0 saturated carbocycles. The van der Waals surface area contributed by atoms with E-state index in [0.29, 0.717) is 17.4 Å². The molecule has 10 heteroatoms. The Morgan fingerprint density at radius 2 is 0.675 bits per heavy atom. The highest BCUT2D eigenvalue weighted by atomic mass is 31.2. The molecule has 9 nitrogen and oxygen atoms in total. The maximum absolute atomic E-state index is 12.9. The molecule has 0 aromatic rings. The van der Waals surface area contributed by atoms with E-state index in [1.54, 1.807) is 0 Å². The number of phosphoric ester groups is 1. The third-order valence-electron chi connectivity index (χ3n) is 15.3. The van der Waals surface area contributed by atoms with Gasteiger partial charge in [-0.3, -0.25) is 14.2 Å². The van der Waals surface area contributed by atoms with Gasteiger partial charge in [0.05, 0.1) is 27.7 Å². The van der Waals surface area contributed by atoms with E-state index >= 15 is 0 Å². The number of hydrogen-bond donors (Lipinski definition) is 0. The number of phosphoric acid groups is 1. The standard InChI is InChI=1S/C70H132NO8P/c1-6-8-10-12-14-16-18-20-22-24-26-28-30-31-32-33-34-35-36-37-38-39-41-43-45-47-49-51-53-55-57-59-61-63-70(73)79-68(67-78-80(74,75)77-65-64-71(3,4)5)66-76-69(72)62-60-58-56-54-52-50-48-46-44-42-40-29-27-25-23-21-19-17-15-13-11-9-7-2/h18-21,24-27,68H,6-17,22-23,28-67H2,1-5H3/b20-18-,21-19-,26-24-,27-25-. The monoisotopic (exact) mass is 1150 g/mol. The first kappa shape index (κ1) is 78.0. The molecule has 0 aromatic carbocycles. The molecule has 0 aliphatic rings. The smallest absolute Gasteiger partial charge is 0.306 e. The summed E-state index contributed by atoms with van der Waals surface area (Å²) < 4.78 is 34.3. The van der Waals surface area contributed by atoms with E-state index in [-0.39, 0.29) is 32.0 Å². The summed E-state index contributed by atoms with van der Waals surface area (Å²) in [5.74, 6) is -0.819. The lowest BCUT2D eigenvalue weighted by atomic mass is 10.0. The Morgan fingerprint density at radius 1 is 0.388 bits per heavy atom. The number of likely N-dealkylation sites (N-methyl/N-ethyl adjacent to an activating group) is 1. The van der Waals surface area contributed by atoms with Gasteiger partial charge in [-0.2, -0.15) is 0 Å². The van der Waals surface area contributed by atoms with E-state index in [9.17, 15) is 19.0 Å². The third kappa shape index (κ3) is 65.1. The highest BCUT2D eigenvalue weighted by Crippen LogP contribution is 2.38. The van der Waals surface area contributed by atoms with Crippen LogP contribution in [0, 0.1) is 0 Å². The van der Waals surface area contributed by atoms with Crippen LogP contribution in [0.3, 0.4) is 0 Å². The molecule has 0 aliphatic carbocycles. The third-order valence-corrected chi connectivity index (χ3v) is 16.3. The minimum atomic E-state index is -4.64. The Balaban J connectivity index is 4.01. The zero-order chi connectivity index (χ0) is 58.4. The number of hydrogen-bond acceptors (Lipinski definition) is 8. The van der Waals surface area contributed by atoms with Gasteiger partial charge in [-0.05, 0) is 77.0 Å². The molecule has 0 amide bonds. The largest absolute Gasteiger partial charge is 0.756 e. The second-order valence-corrected chi connectivity index (χ2v) is 25.9. The second-order valence-electron chi connectivity index (χ2n) is 24.5. The van der Waals surface area contributed by atoms with Gasteiger partial charge in [0, 0.05) is 12.8 Å². The highest BCUT2D eigenvalue weighted by molar-refractivity contribution is 7.45. The quantitative estimate of drug-likeness (QED) is 0.0195. The molecule has 0 fully saturated rings. The van der Waals surface area contributed by atoms with Crippen LogP contribution in [0.2, 0.25) is 0 Å². The maximum atomic E-state index is 12.9. The summed E-state index contributed by atoms with van der Waals surface area (Å²) in [6.45, 7) is 4.27. The van der Waals surface area contributed by atoms with Crippen LogP contribution in [-0.2, 0) is 32.7 Å². The molecule has 80 heavy (non-hydrogen) atoms. The number of nitrogens with zero attached hydrogens (tertiary/aromatic N) is 1. The number of rotatable bonds is 64. The first-order valence-electron chi connectivity index (χ1n) is 34.3. The summed E-state index contributed by atoms with van der Waals surface area (Å²) in [5, 5.41) is 0. The summed E-state index contributed by atoms with van der Waals surface area (Å²) in [6.07, 6.45) is 79.0. The topological polar surface area (TPSA) is 111 Å². The minimum absolute atomic E-state index is 0.0298. The van der Waals surface area contributed by atoms with Crippen molar-refractivity contribution in [2.24, 2.45) is 0 Å². The zero-order valence-corrected chi connectivity index (χ0v) is 54.4. The molecule has 0 aromatic heterocycles. The van der Waals surface area contributed by atoms with Crippen LogP contribution in [0.25, 0.3) is 0 Å². The molecular formula is C70H132NO8P. The predicted octanol–water partition coefficient (Wildman–Crippen LogP) is 21.4. The van der Waals surface area contributed by atoms with Crippen molar-refractivity contribution in [2.75, 3.05) is 47.5 Å². The van der Waals surface area contributed by atoms with Crippen molar-refractivity contribution < 1.29 is 42.1 Å². The summed E-state index contributed by atoms with van der Waals surface area (Å²) in [5.41, 5.74) is 0. The van der Waals surface area contributed by atoms with Crippen LogP contribution < -0.4 is 4.89 Å². The van der Waals surface area contributed by atoms with Crippen molar-refractivity contribution in [3.8, 4) is 0 Å². The minimum Gasteiger partial charge on any atom is -0.756 e. The van der Waals surface area contributed by atoms with Crippen LogP contribution in [0.5, 0.6) is 0 Å². The van der Waals surface area contributed by atoms with E-state index < -0.39 is 26.5 Å². The lowest BCUT2D eigenvalue weighted by Crippen LogP contribution is -2.37. The van der Waals surface area contributed by atoms with Gasteiger partial charge in [0.25, 0.3) is 7.82 Å². The Morgan fingerprint density at radius 3 is 0.988 bits per heavy atom. The molecule has 0 N–H and O–H groups in total. The van der Waals surface area contributed by atoms with E-state index in [4.69, 9.17) is 18.5 Å². The van der Waals surface area contributed by atoms with E-state index in [0.717, 1.165) is 44.9 Å². The van der Waals surface area contributed by atoms with Crippen LogP contribution in [-0.4, -0.2) is 70.0 Å². The average Bonchev–Trinajstić information content (AvgIpc) is 3.42. The Bertz CT molecular complexity index is 1490. The van der Waals surface area contributed by atoms with Crippen LogP contribution in [0.1, 0.15) is 335 Å². The Hall–Kier alpha value is -2.03. The molecule has 0 saturated heterocycles.